The monoisotopic (exact) mass is 225 g/mol. The average molecular weight is 225 g/mol. The SMILES string of the molecule is Nc1cc[n+](/C=C/C(=O)c2ccccc2)cc1. The Morgan fingerprint density at radius 2 is 1.71 bits per heavy atom. The molecule has 0 saturated carbocycles. The number of anilines is 1. The minimum atomic E-state index is -0.0186. The summed E-state index contributed by atoms with van der Waals surface area (Å²) < 4.78 is 1.78. The fraction of sp³-hybridized carbons (Fsp3) is 0. The van der Waals surface area contributed by atoms with Gasteiger partial charge in [0.2, 0.25) is 0 Å². The first kappa shape index (κ1) is 11.1. The summed E-state index contributed by atoms with van der Waals surface area (Å²) in [5.74, 6) is -0.0186. The summed E-state index contributed by atoms with van der Waals surface area (Å²) in [5.41, 5.74) is 6.95. The van der Waals surface area contributed by atoms with Crippen molar-refractivity contribution in [1.82, 2.24) is 0 Å². The zero-order chi connectivity index (χ0) is 12.1. The third-order valence-corrected chi connectivity index (χ3v) is 2.33. The van der Waals surface area contributed by atoms with Crippen molar-refractivity contribution in [3.05, 3.63) is 66.5 Å². The normalized spacial score (nSPS) is 10.6. The molecule has 1 heterocycles. The number of hydrogen-bond donors (Lipinski definition) is 1. The molecule has 2 aromatic rings. The average Bonchev–Trinajstić information content (AvgIpc) is 2.39. The van der Waals surface area contributed by atoms with Crippen LogP contribution in [0, 0.1) is 0 Å². The van der Waals surface area contributed by atoms with Crippen molar-refractivity contribution in [3.8, 4) is 0 Å². The molecule has 0 unspecified atom stereocenters. The van der Waals surface area contributed by atoms with Gasteiger partial charge in [-0.05, 0) is 0 Å². The van der Waals surface area contributed by atoms with E-state index in [-0.39, 0.29) is 5.78 Å². The minimum absolute atomic E-state index is 0.0186. The number of rotatable bonds is 3. The summed E-state index contributed by atoms with van der Waals surface area (Å²) >= 11 is 0. The molecule has 0 saturated heterocycles. The molecule has 2 N–H and O–H groups in total. The van der Waals surface area contributed by atoms with Gasteiger partial charge in [0.05, 0.1) is 6.08 Å². The molecule has 0 atom stereocenters. The highest BCUT2D eigenvalue weighted by Crippen LogP contribution is 2.00. The molecule has 3 heteroatoms. The van der Waals surface area contributed by atoms with Crippen LogP contribution in [0.1, 0.15) is 10.4 Å². The minimum Gasteiger partial charge on any atom is -0.398 e. The second-order valence-corrected chi connectivity index (χ2v) is 3.62. The third kappa shape index (κ3) is 3.01. The zero-order valence-electron chi connectivity index (χ0n) is 9.28. The van der Waals surface area contributed by atoms with Crippen molar-refractivity contribution in [2.24, 2.45) is 0 Å². The van der Waals surface area contributed by atoms with E-state index in [0.717, 1.165) is 0 Å². The number of carbonyl (C=O) groups excluding carboxylic acids is 1. The first-order valence-corrected chi connectivity index (χ1v) is 5.29. The second-order valence-electron chi connectivity index (χ2n) is 3.62. The van der Waals surface area contributed by atoms with Crippen molar-refractivity contribution in [1.29, 1.82) is 0 Å². The number of carbonyl (C=O) groups is 1. The zero-order valence-corrected chi connectivity index (χ0v) is 9.28. The molecule has 3 nitrogen and oxygen atoms in total. The van der Waals surface area contributed by atoms with Gasteiger partial charge in [-0.1, -0.05) is 30.3 Å². The fourth-order valence-corrected chi connectivity index (χ4v) is 1.40. The molecule has 0 amide bonds. The number of ketones is 1. The molecule has 1 aromatic heterocycles. The van der Waals surface area contributed by atoms with Crippen LogP contribution in [0.15, 0.2) is 60.9 Å². The topological polar surface area (TPSA) is 47.0 Å². The molecule has 0 aliphatic carbocycles. The van der Waals surface area contributed by atoms with Crippen LogP contribution in [0.5, 0.6) is 0 Å². The number of nitrogen functional groups attached to an aromatic ring is 1. The van der Waals surface area contributed by atoms with Gasteiger partial charge < -0.3 is 5.73 Å². The van der Waals surface area contributed by atoms with Crippen molar-refractivity contribution in [2.45, 2.75) is 0 Å². The Labute approximate surface area is 99.8 Å². The van der Waals surface area contributed by atoms with Crippen LogP contribution >= 0.6 is 0 Å². The molecule has 0 radical (unpaired) electrons. The summed E-state index contributed by atoms with van der Waals surface area (Å²) in [6.07, 6.45) is 6.83. The summed E-state index contributed by atoms with van der Waals surface area (Å²) in [7, 11) is 0. The number of nitrogens with two attached hydrogens (primary N) is 1. The standard InChI is InChI=1S/C14H12N2O/c15-13-6-9-16(10-7-13)11-8-14(17)12-4-2-1-3-5-12/h1-11,15H/p+1/b11-8+. The Morgan fingerprint density at radius 3 is 2.35 bits per heavy atom. The smallest absolute Gasteiger partial charge is 0.191 e. The maximum atomic E-state index is 11.8. The fourth-order valence-electron chi connectivity index (χ4n) is 1.40. The van der Waals surface area contributed by atoms with Crippen LogP contribution < -0.4 is 10.3 Å². The number of pyridine rings is 1. The quantitative estimate of drug-likeness (QED) is 0.492. The molecule has 17 heavy (non-hydrogen) atoms. The number of hydrogen-bond acceptors (Lipinski definition) is 2. The summed E-state index contributed by atoms with van der Waals surface area (Å²) in [5, 5.41) is 0. The first-order valence-electron chi connectivity index (χ1n) is 5.29. The lowest BCUT2D eigenvalue weighted by molar-refractivity contribution is -0.568. The van der Waals surface area contributed by atoms with Crippen molar-refractivity contribution in [2.75, 3.05) is 5.73 Å². The van der Waals surface area contributed by atoms with E-state index < -0.39 is 0 Å². The third-order valence-electron chi connectivity index (χ3n) is 2.33. The highest BCUT2D eigenvalue weighted by molar-refractivity contribution is 6.05. The van der Waals surface area contributed by atoms with Gasteiger partial charge in [-0.25, -0.2) is 0 Å². The molecule has 84 valence electrons. The van der Waals surface area contributed by atoms with Gasteiger partial charge in [0, 0.05) is 23.4 Å². The summed E-state index contributed by atoms with van der Waals surface area (Å²) in [6.45, 7) is 0. The first-order chi connectivity index (χ1) is 8.25. The van der Waals surface area contributed by atoms with Crippen molar-refractivity contribution < 1.29 is 9.36 Å². The Morgan fingerprint density at radius 1 is 1.06 bits per heavy atom. The summed E-state index contributed by atoms with van der Waals surface area (Å²) in [6, 6.07) is 12.7. The molecule has 0 aliphatic rings. The van der Waals surface area contributed by atoms with E-state index >= 15 is 0 Å². The van der Waals surface area contributed by atoms with E-state index in [1.807, 2.05) is 18.2 Å². The van der Waals surface area contributed by atoms with Gasteiger partial charge in [-0.2, -0.15) is 4.57 Å². The molecule has 0 bridgehead atoms. The highest BCUT2D eigenvalue weighted by Gasteiger charge is 2.01. The van der Waals surface area contributed by atoms with Gasteiger partial charge in [-0.15, -0.1) is 0 Å². The van der Waals surface area contributed by atoms with Gasteiger partial charge in [0.1, 0.15) is 0 Å². The second kappa shape index (κ2) is 5.07. The summed E-state index contributed by atoms with van der Waals surface area (Å²) in [4.78, 5) is 11.8. The van der Waals surface area contributed by atoms with Gasteiger partial charge in [0.15, 0.2) is 24.4 Å². The van der Waals surface area contributed by atoms with Crippen LogP contribution in [0.3, 0.4) is 0 Å². The Balaban J connectivity index is 2.11. The van der Waals surface area contributed by atoms with Crippen molar-refractivity contribution in [3.63, 3.8) is 0 Å². The van der Waals surface area contributed by atoms with E-state index in [1.165, 1.54) is 6.08 Å². The number of nitrogens with zero attached hydrogens (tertiary/aromatic N) is 1. The Bertz CT molecular complexity index is 530. The van der Waals surface area contributed by atoms with Gasteiger partial charge in [-0.3, -0.25) is 4.79 Å². The van der Waals surface area contributed by atoms with Gasteiger partial charge in [0.25, 0.3) is 0 Å². The lowest BCUT2D eigenvalue weighted by atomic mass is 10.1. The number of benzene rings is 1. The molecule has 2 rings (SSSR count). The van der Waals surface area contributed by atoms with E-state index in [9.17, 15) is 4.79 Å². The number of aromatic nitrogens is 1. The predicted molar refractivity (Wildman–Crippen MR) is 67.2 cm³/mol. The molecule has 0 spiro atoms. The maximum Gasteiger partial charge on any atom is 0.191 e. The van der Waals surface area contributed by atoms with Gasteiger partial charge >= 0.3 is 0 Å². The van der Waals surface area contributed by atoms with Crippen LogP contribution in [0.25, 0.3) is 6.20 Å². The van der Waals surface area contributed by atoms with E-state index in [2.05, 4.69) is 0 Å². The van der Waals surface area contributed by atoms with Crippen molar-refractivity contribution >= 4 is 17.7 Å². The van der Waals surface area contributed by atoms with E-state index in [0.29, 0.717) is 11.3 Å². The predicted octanol–water partition coefficient (Wildman–Crippen LogP) is 1.91. The molecular weight excluding hydrogens is 212 g/mol. The number of allylic oxidation sites excluding steroid dienone is 1. The highest BCUT2D eigenvalue weighted by atomic mass is 16.1. The largest absolute Gasteiger partial charge is 0.398 e. The Kier molecular flexibility index (Phi) is 3.31. The van der Waals surface area contributed by atoms with Crippen LogP contribution in [0.4, 0.5) is 5.69 Å². The molecule has 0 fully saturated rings. The lowest BCUT2D eigenvalue weighted by Gasteiger charge is -1.92. The molecule has 0 aliphatic heterocycles. The Hall–Kier alpha value is -2.42. The van der Waals surface area contributed by atoms with Crippen LogP contribution in [0.2, 0.25) is 0 Å². The van der Waals surface area contributed by atoms with E-state index in [4.69, 9.17) is 5.73 Å². The maximum absolute atomic E-state index is 11.8. The molecule has 1 aromatic carbocycles. The lowest BCUT2D eigenvalue weighted by Crippen LogP contribution is -2.24. The van der Waals surface area contributed by atoms with Crippen LogP contribution in [-0.2, 0) is 0 Å². The molecular formula is C14H13N2O+. The van der Waals surface area contributed by atoms with E-state index in [1.54, 1.807) is 47.4 Å². The van der Waals surface area contributed by atoms with Crippen LogP contribution in [-0.4, -0.2) is 5.78 Å².